The van der Waals surface area contributed by atoms with Crippen LogP contribution in [0.5, 0.6) is 0 Å². The first kappa shape index (κ1) is 9.65. The summed E-state index contributed by atoms with van der Waals surface area (Å²) in [5.41, 5.74) is 0. The summed E-state index contributed by atoms with van der Waals surface area (Å²) in [6.45, 7) is 2.21. The van der Waals surface area contributed by atoms with Crippen molar-refractivity contribution in [3.63, 3.8) is 0 Å². The minimum Gasteiger partial charge on any atom is -0.303 e. The Bertz CT molecular complexity index is 259. The molecule has 0 spiro atoms. The molecule has 14 heavy (non-hydrogen) atoms. The fourth-order valence-corrected chi connectivity index (χ4v) is 2.18. The number of hydrogen-bond donors (Lipinski definition) is 2. The van der Waals surface area contributed by atoms with Crippen LogP contribution in [0.2, 0.25) is 0 Å². The highest BCUT2D eigenvalue weighted by atomic mass is 16.2. The van der Waals surface area contributed by atoms with Crippen LogP contribution in [0, 0.1) is 5.92 Å². The number of amides is 2. The largest absolute Gasteiger partial charge is 0.303 e. The lowest BCUT2D eigenvalue weighted by Gasteiger charge is -2.36. The Morgan fingerprint density at radius 2 is 2.07 bits per heavy atom. The Kier molecular flexibility index (Phi) is 2.54. The Morgan fingerprint density at radius 3 is 2.64 bits per heavy atom. The third-order valence-electron chi connectivity index (χ3n) is 3.05. The second-order valence-electron chi connectivity index (χ2n) is 4.44. The van der Waals surface area contributed by atoms with E-state index in [2.05, 4.69) is 17.6 Å². The number of imide groups is 1. The molecule has 4 nitrogen and oxygen atoms in total. The summed E-state index contributed by atoms with van der Waals surface area (Å²) >= 11 is 0. The number of carbonyl (C=O) groups excluding carboxylic acids is 2. The zero-order valence-corrected chi connectivity index (χ0v) is 8.38. The van der Waals surface area contributed by atoms with E-state index in [0.29, 0.717) is 18.9 Å². The average Bonchev–Trinajstić information content (AvgIpc) is 2.06. The standard InChI is InChI=1S/C10H16N2O2/c1-6-4-7(5-6)11-8-2-3-9(13)12-10(8)14/h6-8,11H,2-5H2,1H3,(H,12,13,14). The maximum absolute atomic E-state index is 11.4. The number of piperidine rings is 1. The molecular weight excluding hydrogens is 180 g/mol. The molecule has 0 aromatic rings. The van der Waals surface area contributed by atoms with E-state index in [1.165, 1.54) is 0 Å². The summed E-state index contributed by atoms with van der Waals surface area (Å²) in [7, 11) is 0. The van der Waals surface area contributed by atoms with Gasteiger partial charge >= 0.3 is 0 Å². The highest BCUT2D eigenvalue weighted by Gasteiger charge is 2.32. The molecule has 0 aromatic heterocycles. The Labute approximate surface area is 83.4 Å². The lowest BCUT2D eigenvalue weighted by Crippen LogP contribution is -2.55. The van der Waals surface area contributed by atoms with Gasteiger partial charge in [0.1, 0.15) is 0 Å². The van der Waals surface area contributed by atoms with Gasteiger partial charge in [-0.2, -0.15) is 0 Å². The second-order valence-corrected chi connectivity index (χ2v) is 4.44. The fourth-order valence-electron chi connectivity index (χ4n) is 2.18. The SMILES string of the molecule is CC1CC(NC2CCC(=O)NC2=O)C1. The molecule has 0 bridgehead atoms. The molecule has 1 aliphatic carbocycles. The maximum atomic E-state index is 11.4. The normalized spacial score (nSPS) is 37.6. The monoisotopic (exact) mass is 196 g/mol. The van der Waals surface area contributed by atoms with Gasteiger partial charge in [0.15, 0.2) is 0 Å². The van der Waals surface area contributed by atoms with E-state index < -0.39 is 0 Å². The van der Waals surface area contributed by atoms with Crippen molar-refractivity contribution >= 4 is 11.8 Å². The molecule has 2 rings (SSSR count). The lowest BCUT2D eigenvalue weighted by atomic mass is 9.81. The zero-order valence-electron chi connectivity index (χ0n) is 8.38. The van der Waals surface area contributed by atoms with Gasteiger partial charge in [-0.15, -0.1) is 0 Å². The molecule has 0 radical (unpaired) electrons. The first-order valence-corrected chi connectivity index (χ1v) is 5.25. The van der Waals surface area contributed by atoms with Crippen molar-refractivity contribution in [2.75, 3.05) is 0 Å². The molecule has 1 unspecified atom stereocenters. The van der Waals surface area contributed by atoms with E-state index in [4.69, 9.17) is 0 Å². The van der Waals surface area contributed by atoms with E-state index in [-0.39, 0.29) is 17.9 Å². The van der Waals surface area contributed by atoms with Crippen LogP contribution in [0.1, 0.15) is 32.6 Å². The summed E-state index contributed by atoms with van der Waals surface area (Å²) in [6, 6.07) is 0.333. The molecule has 0 aromatic carbocycles. The van der Waals surface area contributed by atoms with E-state index in [1.54, 1.807) is 0 Å². The quantitative estimate of drug-likeness (QED) is 0.619. The van der Waals surface area contributed by atoms with Gasteiger partial charge in [0.2, 0.25) is 11.8 Å². The van der Waals surface area contributed by atoms with Crippen LogP contribution in [0.4, 0.5) is 0 Å². The maximum Gasteiger partial charge on any atom is 0.243 e. The molecular formula is C10H16N2O2. The van der Waals surface area contributed by atoms with Crippen molar-refractivity contribution in [1.29, 1.82) is 0 Å². The molecule has 2 aliphatic rings. The third kappa shape index (κ3) is 1.95. The van der Waals surface area contributed by atoms with Crippen molar-refractivity contribution < 1.29 is 9.59 Å². The van der Waals surface area contributed by atoms with Crippen LogP contribution in [-0.2, 0) is 9.59 Å². The number of hydrogen-bond acceptors (Lipinski definition) is 3. The van der Waals surface area contributed by atoms with Gasteiger partial charge in [-0.3, -0.25) is 14.9 Å². The first-order valence-electron chi connectivity index (χ1n) is 5.25. The molecule has 2 fully saturated rings. The van der Waals surface area contributed by atoms with Gasteiger partial charge in [-0.1, -0.05) is 6.92 Å². The van der Waals surface area contributed by atoms with Crippen LogP contribution < -0.4 is 10.6 Å². The van der Waals surface area contributed by atoms with E-state index >= 15 is 0 Å². The molecule has 1 saturated heterocycles. The molecule has 78 valence electrons. The van der Waals surface area contributed by atoms with E-state index in [0.717, 1.165) is 18.8 Å². The number of carbonyl (C=O) groups is 2. The molecule has 2 N–H and O–H groups in total. The molecule has 1 heterocycles. The van der Waals surface area contributed by atoms with E-state index in [9.17, 15) is 9.59 Å². The van der Waals surface area contributed by atoms with Crippen molar-refractivity contribution in [2.45, 2.75) is 44.7 Å². The Hall–Kier alpha value is -0.900. The van der Waals surface area contributed by atoms with E-state index in [1.807, 2.05) is 0 Å². The highest BCUT2D eigenvalue weighted by Crippen LogP contribution is 2.27. The van der Waals surface area contributed by atoms with Crippen molar-refractivity contribution in [3.05, 3.63) is 0 Å². The summed E-state index contributed by atoms with van der Waals surface area (Å²) in [4.78, 5) is 22.2. The van der Waals surface area contributed by atoms with Crippen LogP contribution in [0.15, 0.2) is 0 Å². The number of nitrogens with one attached hydrogen (secondary N) is 2. The van der Waals surface area contributed by atoms with Crippen LogP contribution in [0.25, 0.3) is 0 Å². The van der Waals surface area contributed by atoms with Gasteiger partial charge in [0, 0.05) is 12.5 Å². The first-order chi connectivity index (χ1) is 6.65. The van der Waals surface area contributed by atoms with Gasteiger partial charge in [0.05, 0.1) is 6.04 Å². The number of rotatable bonds is 2. The summed E-state index contributed by atoms with van der Waals surface area (Å²) in [5, 5.41) is 5.65. The molecule has 1 atom stereocenters. The predicted molar refractivity (Wildman–Crippen MR) is 51.5 cm³/mol. The second kappa shape index (κ2) is 3.69. The Balaban J connectivity index is 1.80. The fraction of sp³-hybridized carbons (Fsp3) is 0.800. The molecule has 1 saturated carbocycles. The van der Waals surface area contributed by atoms with Gasteiger partial charge in [0.25, 0.3) is 0 Å². The molecule has 1 aliphatic heterocycles. The Morgan fingerprint density at radius 1 is 1.36 bits per heavy atom. The van der Waals surface area contributed by atoms with Crippen molar-refractivity contribution in [2.24, 2.45) is 5.92 Å². The van der Waals surface area contributed by atoms with Crippen LogP contribution >= 0.6 is 0 Å². The predicted octanol–water partition coefficient (Wildman–Crippen LogP) is 0.180. The van der Waals surface area contributed by atoms with Gasteiger partial charge in [-0.25, -0.2) is 0 Å². The third-order valence-corrected chi connectivity index (χ3v) is 3.05. The average molecular weight is 196 g/mol. The van der Waals surface area contributed by atoms with Gasteiger partial charge in [-0.05, 0) is 25.2 Å². The smallest absolute Gasteiger partial charge is 0.243 e. The molecule has 4 heteroatoms. The summed E-state index contributed by atoms with van der Waals surface area (Å²) < 4.78 is 0. The highest BCUT2D eigenvalue weighted by molar-refractivity contribution is 6.00. The zero-order chi connectivity index (χ0) is 10.1. The molecule has 2 amide bonds. The minimum atomic E-state index is -0.152. The van der Waals surface area contributed by atoms with Crippen LogP contribution in [-0.4, -0.2) is 23.9 Å². The summed E-state index contributed by atoms with van der Waals surface area (Å²) in [5.74, 6) is 0.483. The summed E-state index contributed by atoms with van der Waals surface area (Å²) in [6.07, 6.45) is 3.41. The van der Waals surface area contributed by atoms with Crippen molar-refractivity contribution in [1.82, 2.24) is 10.6 Å². The topological polar surface area (TPSA) is 58.2 Å². The van der Waals surface area contributed by atoms with Gasteiger partial charge < -0.3 is 5.32 Å². The van der Waals surface area contributed by atoms with Crippen molar-refractivity contribution in [3.8, 4) is 0 Å². The lowest BCUT2D eigenvalue weighted by molar-refractivity contribution is -0.135. The minimum absolute atomic E-state index is 0.143. The van der Waals surface area contributed by atoms with Crippen LogP contribution in [0.3, 0.4) is 0 Å².